The van der Waals surface area contributed by atoms with Gasteiger partial charge in [0.05, 0.1) is 11.1 Å². The van der Waals surface area contributed by atoms with Crippen molar-refractivity contribution in [3.8, 4) is 0 Å². The first-order chi connectivity index (χ1) is 9.29. The van der Waals surface area contributed by atoms with Gasteiger partial charge in [-0.25, -0.2) is 4.68 Å². The van der Waals surface area contributed by atoms with Crippen LogP contribution in [0.3, 0.4) is 0 Å². The van der Waals surface area contributed by atoms with Crippen molar-refractivity contribution in [1.29, 1.82) is 0 Å². The van der Waals surface area contributed by atoms with Crippen LogP contribution >= 0.6 is 15.9 Å². The molecule has 2 rings (SSSR count). The van der Waals surface area contributed by atoms with Crippen molar-refractivity contribution in [2.24, 2.45) is 7.05 Å². The fraction of sp³-hybridized carbons (Fsp3) is 0.182. The molecule has 5 nitrogen and oxygen atoms in total. The molecule has 1 amide bonds. The SMILES string of the molecule is Cn1ncnc1NC(=O)c1ccc(Br)cc1C(F)(F)F. The summed E-state index contributed by atoms with van der Waals surface area (Å²) in [6, 6.07) is 3.31. The van der Waals surface area contributed by atoms with Gasteiger partial charge in [0.1, 0.15) is 6.33 Å². The molecule has 0 aliphatic carbocycles. The minimum Gasteiger partial charge on any atom is -0.291 e. The van der Waals surface area contributed by atoms with E-state index in [1.165, 1.54) is 24.1 Å². The number of nitrogens with one attached hydrogen (secondary N) is 1. The summed E-state index contributed by atoms with van der Waals surface area (Å²) in [6.07, 6.45) is -3.45. The van der Waals surface area contributed by atoms with E-state index in [0.717, 1.165) is 12.1 Å². The lowest BCUT2D eigenvalue weighted by molar-refractivity contribution is -0.137. The van der Waals surface area contributed by atoms with Crippen LogP contribution in [0.5, 0.6) is 0 Å². The van der Waals surface area contributed by atoms with Crippen LogP contribution in [0.15, 0.2) is 29.0 Å². The van der Waals surface area contributed by atoms with E-state index < -0.39 is 23.2 Å². The van der Waals surface area contributed by atoms with Gasteiger partial charge in [0, 0.05) is 11.5 Å². The highest BCUT2D eigenvalue weighted by molar-refractivity contribution is 9.10. The first kappa shape index (κ1) is 14.5. The zero-order chi connectivity index (χ0) is 14.9. The Kier molecular flexibility index (Phi) is 3.80. The maximum absolute atomic E-state index is 12.9. The number of carbonyl (C=O) groups is 1. The van der Waals surface area contributed by atoms with Gasteiger partial charge in [-0.05, 0) is 18.2 Å². The number of benzene rings is 1. The first-order valence-electron chi connectivity index (χ1n) is 5.31. The average molecular weight is 349 g/mol. The predicted octanol–water partition coefficient (Wildman–Crippen LogP) is 2.85. The molecule has 1 aromatic carbocycles. The van der Waals surface area contributed by atoms with Crippen LogP contribution in [0.25, 0.3) is 0 Å². The van der Waals surface area contributed by atoms with Crippen molar-refractivity contribution >= 4 is 27.8 Å². The second-order valence-corrected chi connectivity index (χ2v) is 4.76. The Morgan fingerprint density at radius 1 is 1.40 bits per heavy atom. The summed E-state index contributed by atoms with van der Waals surface area (Å²) in [4.78, 5) is 15.7. The van der Waals surface area contributed by atoms with Gasteiger partial charge in [-0.3, -0.25) is 10.1 Å². The number of halogens is 4. The van der Waals surface area contributed by atoms with Gasteiger partial charge >= 0.3 is 6.18 Å². The largest absolute Gasteiger partial charge is 0.417 e. The molecule has 20 heavy (non-hydrogen) atoms. The minimum atomic E-state index is -4.63. The number of aryl methyl sites for hydroxylation is 1. The van der Waals surface area contributed by atoms with Gasteiger partial charge < -0.3 is 0 Å². The van der Waals surface area contributed by atoms with E-state index in [1.54, 1.807) is 0 Å². The van der Waals surface area contributed by atoms with Crippen LogP contribution in [0.2, 0.25) is 0 Å². The molecule has 0 fully saturated rings. The van der Waals surface area contributed by atoms with Gasteiger partial charge in [-0.2, -0.15) is 23.3 Å². The van der Waals surface area contributed by atoms with Gasteiger partial charge in [0.2, 0.25) is 5.95 Å². The van der Waals surface area contributed by atoms with Crippen molar-refractivity contribution in [3.05, 3.63) is 40.1 Å². The van der Waals surface area contributed by atoms with E-state index in [9.17, 15) is 18.0 Å². The minimum absolute atomic E-state index is 0.0612. The third-order valence-electron chi connectivity index (χ3n) is 2.47. The Bertz CT molecular complexity index is 653. The van der Waals surface area contributed by atoms with Crippen LogP contribution in [-0.4, -0.2) is 20.7 Å². The number of rotatable bonds is 2. The molecule has 0 bridgehead atoms. The summed E-state index contributed by atoms with van der Waals surface area (Å²) in [5.74, 6) is -0.841. The van der Waals surface area contributed by atoms with Crippen molar-refractivity contribution < 1.29 is 18.0 Å². The zero-order valence-corrected chi connectivity index (χ0v) is 11.7. The summed E-state index contributed by atoms with van der Waals surface area (Å²) < 4.78 is 40.2. The number of aromatic nitrogens is 3. The van der Waals surface area contributed by atoms with Gasteiger partial charge in [-0.15, -0.1) is 0 Å². The van der Waals surface area contributed by atoms with Gasteiger partial charge in [-0.1, -0.05) is 15.9 Å². The summed E-state index contributed by atoms with van der Waals surface area (Å²) >= 11 is 2.95. The highest BCUT2D eigenvalue weighted by Crippen LogP contribution is 2.34. The molecule has 2 aromatic rings. The summed E-state index contributed by atoms with van der Waals surface area (Å²) in [5.41, 5.74) is -1.50. The Balaban J connectivity index is 2.37. The molecule has 0 saturated carbocycles. The van der Waals surface area contributed by atoms with E-state index in [0.29, 0.717) is 0 Å². The molecule has 1 N–H and O–H groups in total. The third kappa shape index (κ3) is 2.98. The van der Waals surface area contributed by atoms with Crippen LogP contribution in [0.4, 0.5) is 19.1 Å². The fourth-order valence-corrected chi connectivity index (χ4v) is 1.89. The van der Waals surface area contributed by atoms with E-state index >= 15 is 0 Å². The van der Waals surface area contributed by atoms with Crippen molar-refractivity contribution in [3.63, 3.8) is 0 Å². The standard InChI is InChI=1S/C11H8BrF3N4O/c1-19-10(16-5-17-19)18-9(20)7-3-2-6(12)4-8(7)11(13,14)15/h2-5H,1H3,(H,16,17,18,20). The maximum atomic E-state index is 12.9. The Morgan fingerprint density at radius 3 is 2.65 bits per heavy atom. The lowest BCUT2D eigenvalue weighted by Crippen LogP contribution is -2.20. The van der Waals surface area contributed by atoms with E-state index in [2.05, 4.69) is 31.3 Å². The van der Waals surface area contributed by atoms with Crippen LogP contribution in [-0.2, 0) is 13.2 Å². The molecule has 0 radical (unpaired) electrons. The van der Waals surface area contributed by atoms with Crippen LogP contribution in [0.1, 0.15) is 15.9 Å². The quantitative estimate of drug-likeness (QED) is 0.907. The Hall–Kier alpha value is -1.90. The Morgan fingerprint density at radius 2 is 2.10 bits per heavy atom. The van der Waals surface area contributed by atoms with Crippen molar-refractivity contribution in [1.82, 2.24) is 14.8 Å². The zero-order valence-electron chi connectivity index (χ0n) is 10.1. The van der Waals surface area contributed by atoms with Crippen molar-refractivity contribution in [2.45, 2.75) is 6.18 Å². The van der Waals surface area contributed by atoms with Crippen LogP contribution < -0.4 is 5.32 Å². The number of amides is 1. The molecular formula is C11H8BrF3N4O. The number of alkyl halides is 3. The number of anilines is 1. The van der Waals surface area contributed by atoms with Gasteiger partial charge in [0.15, 0.2) is 0 Å². The topological polar surface area (TPSA) is 59.8 Å². The van der Waals surface area contributed by atoms with E-state index in [1.807, 2.05) is 0 Å². The van der Waals surface area contributed by atoms with E-state index in [4.69, 9.17) is 0 Å². The second kappa shape index (κ2) is 5.23. The molecule has 1 aromatic heterocycles. The lowest BCUT2D eigenvalue weighted by atomic mass is 10.1. The average Bonchev–Trinajstić information content (AvgIpc) is 2.73. The normalized spacial score (nSPS) is 11.4. The molecule has 0 spiro atoms. The molecule has 9 heteroatoms. The Labute approximate surface area is 119 Å². The van der Waals surface area contributed by atoms with Crippen molar-refractivity contribution in [2.75, 3.05) is 5.32 Å². The molecule has 0 aliphatic rings. The lowest BCUT2D eigenvalue weighted by Gasteiger charge is -2.12. The number of carbonyl (C=O) groups excluding carboxylic acids is 1. The fourth-order valence-electron chi connectivity index (χ4n) is 1.53. The molecule has 106 valence electrons. The first-order valence-corrected chi connectivity index (χ1v) is 6.10. The number of hydrogen-bond donors (Lipinski definition) is 1. The molecule has 0 atom stereocenters. The maximum Gasteiger partial charge on any atom is 0.417 e. The third-order valence-corrected chi connectivity index (χ3v) is 2.96. The summed E-state index contributed by atoms with van der Waals surface area (Å²) in [5, 5.41) is 5.98. The summed E-state index contributed by atoms with van der Waals surface area (Å²) in [7, 11) is 1.51. The highest BCUT2D eigenvalue weighted by Gasteiger charge is 2.35. The smallest absolute Gasteiger partial charge is 0.291 e. The molecule has 1 heterocycles. The predicted molar refractivity (Wildman–Crippen MR) is 68.1 cm³/mol. The molecule has 0 saturated heterocycles. The highest BCUT2D eigenvalue weighted by atomic mass is 79.9. The number of nitrogens with zero attached hydrogens (tertiary/aromatic N) is 3. The van der Waals surface area contributed by atoms with Crippen LogP contribution in [0, 0.1) is 0 Å². The van der Waals surface area contributed by atoms with E-state index in [-0.39, 0.29) is 10.4 Å². The van der Waals surface area contributed by atoms with Gasteiger partial charge in [0.25, 0.3) is 5.91 Å². The monoisotopic (exact) mass is 348 g/mol. The summed E-state index contributed by atoms with van der Waals surface area (Å²) in [6.45, 7) is 0. The molecular weight excluding hydrogens is 341 g/mol. The number of hydrogen-bond acceptors (Lipinski definition) is 3. The second-order valence-electron chi connectivity index (χ2n) is 3.85. The molecule has 0 aliphatic heterocycles. The molecule has 0 unspecified atom stereocenters.